The lowest BCUT2D eigenvalue weighted by Crippen LogP contribution is -1.94. The van der Waals surface area contributed by atoms with Crippen LogP contribution in [0.2, 0.25) is 5.02 Å². The van der Waals surface area contributed by atoms with Gasteiger partial charge in [0.25, 0.3) is 5.69 Å². The van der Waals surface area contributed by atoms with Crippen molar-refractivity contribution >= 4 is 29.0 Å². The van der Waals surface area contributed by atoms with Crippen LogP contribution in [0.25, 0.3) is 11.5 Å². The molecule has 0 atom stereocenters. The second kappa shape index (κ2) is 5.82. The number of benzene rings is 2. The van der Waals surface area contributed by atoms with Crippen LogP contribution in [0.15, 0.2) is 52.9 Å². The van der Waals surface area contributed by atoms with Gasteiger partial charge in [0.1, 0.15) is 5.02 Å². The van der Waals surface area contributed by atoms with Gasteiger partial charge in [-0.05, 0) is 24.3 Å². The van der Waals surface area contributed by atoms with Crippen molar-refractivity contribution in [1.82, 2.24) is 10.2 Å². The van der Waals surface area contributed by atoms with E-state index in [1.807, 2.05) is 30.3 Å². The van der Waals surface area contributed by atoms with E-state index in [-0.39, 0.29) is 16.7 Å². The van der Waals surface area contributed by atoms with E-state index < -0.39 is 4.92 Å². The lowest BCUT2D eigenvalue weighted by Gasteiger charge is -2.02. The molecule has 8 heteroatoms. The Labute approximate surface area is 129 Å². The molecule has 1 aromatic heterocycles. The second-order valence-corrected chi connectivity index (χ2v) is 4.73. The largest absolute Gasteiger partial charge is 0.403 e. The molecule has 0 saturated carbocycles. The number of nitrogens with one attached hydrogen (secondary N) is 1. The number of aromatic nitrogens is 2. The molecule has 0 fully saturated rings. The molecule has 0 aliphatic heterocycles. The van der Waals surface area contributed by atoms with Crippen LogP contribution in [0.3, 0.4) is 0 Å². The summed E-state index contributed by atoms with van der Waals surface area (Å²) in [6.07, 6.45) is 0. The summed E-state index contributed by atoms with van der Waals surface area (Å²) in [6, 6.07) is 13.7. The first-order valence-electron chi connectivity index (χ1n) is 6.23. The fourth-order valence-electron chi connectivity index (χ4n) is 1.82. The van der Waals surface area contributed by atoms with Crippen LogP contribution in [0.1, 0.15) is 0 Å². The van der Waals surface area contributed by atoms with E-state index in [9.17, 15) is 10.1 Å². The minimum absolute atomic E-state index is 0.0612. The van der Waals surface area contributed by atoms with Crippen LogP contribution in [-0.4, -0.2) is 15.1 Å². The molecule has 1 N–H and O–H groups in total. The zero-order valence-electron chi connectivity index (χ0n) is 11.1. The summed E-state index contributed by atoms with van der Waals surface area (Å²) in [5, 5.41) is 21.5. The molecule has 2 aromatic carbocycles. The highest BCUT2D eigenvalue weighted by atomic mass is 35.5. The maximum atomic E-state index is 10.9. The van der Waals surface area contributed by atoms with Gasteiger partial charge in [0.15, 0.2) is 0 Å². The highest BCUT2D eigenvalue weighted by molar-refractivity contribution is 6.32. The number of halogens is 1. The first kappa shape index (κ1) is 14.0. The van der Waals surface area contributed by atoms with E-state index in [1.165, 1.54) is 12.1 Å². The van der Waals surface area contributed by atoms with Crippen LogP contribution in [0.5, 0.6) is 0 Å². The van der Waals surface area contributed by atoms with Crippen molar-refractivity contribution in [1.29, 1.82) is 0 Å². The molecule has 0 saturated heterocycles. The Morgan fingerprint density at radius 3 is 2.64 bits per heavy atom. The third-order valence-corrected chi connectivity index (χ3v) is 3.16. The first-order chi connectivity index (χ1) is 10.6. The summed E-state index contributed by atoms with van der Waals surface area (Å²) in [7, 11) is 0. The predicted molar refractivity (Wildman–Crippen MR) is 81.1 cm³/mol. The van der Waals surface area contributed by atoms with Crippen molar-refractivity contribution in [3.63, 3.8) is 0 Å². The maximum absolute atomic E-state index is 10.9. The van der Waals surface area contributed by atoms with Crippen molar-refractivity contribution in [2.45, 2.75) is 0 Å². The average molecular weight is 317 g/mol. The van der Waals surface area contributed by atoms with Gasteiger partial charge in [-0.25, -0.2) is 0 Å². The molecule has 7 nitrogen and oxygen atoms in total. The van der Waals surface area contributed by atoms with Gasteiger partial charge in [-0.1, -0.05) is 34.9 Å². The first-order valence-corrected chi connectivity index (χ1v) is 6.61. The summed E-state index contributed by atoms with van der Waals surface area (Å²) < 4.78 is 5.47. The zero-order valence-corrected chi connectivity index (χ0v) is 11.8. The van der Waals surface area contributed by atoms with E-state index in [0.29, 0.717) is 11.6 Å². The second-order valence-electron chi connectivity index (χ2n) is 4.33. The van der Waals surface area contributed by atoms with E-state index >= 15 is 0 Å². The Balaban J connectivity index is 1.84. The summed E-state index contributed by atoms with van der Waals surface area (Å²) in [4.78, 5) is 10.3. The molecule has 0 aliphatic carbocycles. The van der Waals surface area contributed by atoms with Crippen LogP contribution in [-0.2, 0) is 0 Å². The van der Waals surface area contributed by atoms with Crippen molar-refractivity contribution < 1.29 is 9.34 Å². The SMILES string of the molecule is O=[N+]([O-])c1cc(Nc2nnc(-c3ccccc3)o2)ccc1Cl. The smallest absolute Gasteiger partial charge is 0.320 e. The van der Waals surface area contributed by atoms with Crippen LogP contribution in [0.4, 0.5) is 17.4 Å². The van der Waals surface area contributed by atoms with Crippen LogP contribution >= 0.6 is 11.6 Å². The molecule has 22 heavy (non-hydrogen) atoms. The molecule has 110 valence electrons. The van der Waals surface area contributed by atoms with E-state index in [1.54, 1.807) is 6.07 Å². The number of nitro groups is 1. The summed E-state index contributed by atoms with van der Waals surface area (Å²) >= 11 is 5.76. The molecule has 0 radical (unpaired) electrons. The highest BCUT2D eigenvalue weighted by Crippen LogP contribution is 2.29. The number of hydrogen-bond donors (Lipinski definition) is 1. The molecular formula is C14H9ClN4O3. The quantitative estimate of drug-likeness (QED) is 0.576. The van der Waals surface area contributed by atoms with Gasteiger partial charge < -0.3 is 9.73 Å². The van der Waals surface area contributed by atoms with E-state index in [4.69, 9.17) is 16.0 Å². The Bertz CT molecular complexity index is 820. The topological polar surface area (TPSA) is 94.1 Å². The van der Waals surface area contributed by atoms with Gasteiger partial charge in [0.2, 0.25) is 5.89 Å². The normalized spacial score (nSPS) is 10.4. The van der Waals surface area contributed by atoms with Gasteiger partial charge in [-0.3, -0.25) is 10.1 Å². The van der Waals surface area contributed by atoms with Gasteiger partial charge in [-0.2, -0.15) is 0 Å². The average Bonchev–Trinajstić information content (AvgIpc) is 2.98. The monoisotopic (exact) mass is 316 g/mol. The number of nitrogens with zero attached hydrogens (tertiary/aromatic N) is 3. The molecular weight excluding hydrogens is 308 g/mol. The number of rotatable bonds is 4. The molecule has 0 amide bonds. The Hall–Kier alpha value is -2.93. The van der Waals surface area contributed by atoms with Crippen LogP contribution in [0, 0.1) is 10.1 Å². The number of anilines is 2. The summed E-state index contributed by atoms with van der Waals surface area (Å²) in [5.74, 6) is 0.353. The lowest BCUT2D eigenvalue weighted by molar-refractivity contribution is -0.384. The van der Waals surface area contributed by atoms with Crippen molar-refractivity contribution in [2.24, 2.45) is 0 Å². The maximum Gasteiger partial charge on any atom is 0.320 e. The van der Waals surface area contributed by atoms with Crippen molar-refractivity contribution in [3.8, 4) is 11.5 Å². The third kappa shape index (κ3) is 2.89. The fourth-order valence-corrected chi connectivity index (χ4v) is 2.01. The molecule has 0 bridgehead atoms. The summed E-state index contributed by atoms with van der Waals surface area (Å²) in [6.45, 7) is 0. The van der Waals surface area contributed by atoms with E-state index in [0.717, 1.165) is 5.56 Å². The molecule has 1 heterocycles. The van der Waals surface area contributed by atoms with Gasteiger partial charge >= 0.3 is 6.01 Å². The van der Waals surface area contributed by atoms with Gasteiger partial charge in [0.05, 0.1) is 4.92 Å². The highest BCUT2D eigenvalue weighted by Gasteiger charge is 2.14. The minimum Gasteiger partial charge on any atom is -0.403 e. The standard InChI is InChI=1S/C14H9ClN4O3/c15-11-7-6-10(8-12(11)19(20)21)16-14-18-17-13(22-14)9-4-2-1-3-5-9/h1-8H,(H,16,18). The number of nitro benzene ring substituents is 1. The lowest BCUT2D eigenvalue weighted by atomic mass is 10.2. The molecule has 3 rings (SSSR count). The summed E-state index contributed by atoms with van der Waals surface area (Å²) in [5.41, 5.74) is 1.01. The molecule has 0 aliphatic rings. The van der Waals surface area contributed by atoms with E-state index in [2.05, 4.69) is 15.5 Å². The number of hydrogen-bond acceptors (Lipinski definition) is 6. The molecule has 0 unspecified atom stereocenters. The van der Waals surface area contributed by atoms with Gasteiger partial charge in [-0.15, -0.1) is 5.10 Å². The van der Waals surface area contributed by atoms with Crippen LogP contribution < -0.4 is 5.32 Å². The molecule has 3 aromatic rings. The van der Waals surface area contributed by atoms with Crippen molar-refractivity contribution in [3.05, 3.63) is 63.7 Å². The zero-order chi connectivity index (χ0) is 15.5. The Morgan fingerprint density at radius 2 is 1.91 bits per heavy atom. The van der Waals surface area contributed by atoms with Crippen molar-refractivity contribution in [2.75, 3.05) is 5.32 Å². The predicted octanol–water partition coefficient (Wildman–Crippen LogP) is 4.04. The third-order valence-electron chi connectivity index (χ3n) is 2.84. The van der Waals surface area contributed by atoms with Gasteiger partial charge in [0, 0.05) is 17.3 Å². The fraction of sp³-hybridized carbons (Fsp3) is 0. The minimum atomic E-state index is -0.559. The Kier molecular flexibility index (Phi) is 3.71. The Morgan fingerprint density at radius 1 is 1.14 bits per heavy atom. The molecule has 0 spiro atoms.